The molecule has 1 aliphatic heterocycles. The van der Waals surface area contributed by atoms with Gasteiger partial charge in [-0.1, -0.05) is 56.6 Å². The van der Waals surface area contributed by atoms with Crippen LogP contribution >= 0.6 is 11.6 Å². The number of rotatable bonds is 3. The van der Waals surface area contributed by atoms with Gasteiger partial charge in [-0.15, -0.1) is 5.10 Å². The number of fused-ring (bicyclic) bond motifs is 1. The summed E-state index contributed by atoms with van der Waals surface area (Å²) in [6.45, 7) is 6.13. The van der Waals surface area contributed by atoms with Gasteiger partial charge in [0.25, 0.3) is 0 Å². The molecule has 0 aliphatic carbocycles. The summed E-state index contributed by atoms with van der Waals surface area (Å²) in [5.41, 5.74) is 8.75. The van der Waals surface area contributed by atoms with Crippen LogP contribution < -0.4 is 15.2 Å². The summed E-state index contributed by atoms with van der Waals surface area (Å²) in [5, 5.41) is 17.4. The highest BCUT2D eigenvalue weighted by Crippen LogP contribution is 2.45. The molecule has 2 heterocycles. The largest absolute Gasteiger partial charge is 0.423 e. The average molecular weight is 449 g/mol. The number of benzene rings is 2. The number of nitrogens with zero attached hydrogens (tertiary/aromatic N) is 2. The Morgan fingerprint density at radius 3 is 2.53 bits per heavy atom. The second-order valence-corrected chi connectivity index (χ2v) is 8.84. The minimum atomic E-state index is -0.552. The Kier molecular flexibility index (Phi) is 5.41. The standard InChI is InChI=1S/C24H21ClN4O3/c1-24(2,3)20-19-18(16(12-26)21(27)32-22(19)29-28-20)13-8-10-14(11-9-13)31-23(30)15-6-4-5-7-17(15)25/h4-11,18H,27H2,1-3H3,(H,28,29). The Balaban J connectivity index is 1.70. The second-order valence-electron chi connectivity index (χ2n) is 8.43. The number of H-pyrrole nitrogens is 1. The quantitative estimate of drug-likeness (QED) is 0.439. The molecule has 1 aromatic heterocycles. The van der Waals surface area contributed by atoms with E-state index >= 15 is 0 Å². The summed E-state index contributed by atoms with van der Waals surface area (Å²) in [7, 11) is 0. The predicted octanol–water partition coefficient (Wildman–Crippen LogP) is 4.80. The molecule has 7 nitrogen and oxygen atoms in total. The molecule has 1 atom stereocenters. The van der Waals surface area contributed by atoms with Gasteiger partial charge in [-0.2, -0.15) is 5.26 Å². The van der Waals surface area contributed by atoms with Gasteiger partial charge in [0, 0.05) is 11.1 Å². The van der Waals surface area contributed by atoms with Gasteiger partial charge in [-0.05, 0) is 29.8 Å². The van der Waals surface area contributed by atoms with Crippen LogP contribution in [0.3, 0.4) is 0 Å². The summed E-state index contributed by atoms with van der Waals surface area (Å²) < 4.78 is 11.1. The van der Waals surface area contributed by atoms with Crippen LogP contribution in [-0.2, 0) is 5.41 Å². The molecule has 0 radical (unpaired) electrons. The smallest absolute Gasteiger partial charge is 0.345 e. The molecule has 3 N–H and O–H groups in total. The Bertz CT molecular complexity index is 1260. The Morgan fingerprint density at radius 1 is 1.22 bits per heavy atom. The van der Waals surface area contributed by atoms with Crippen molar-refractivity contribution in [2.75, 3.05) is 0 Å². The second kappa shape index (κ2) is 8.06. The van der Waals surface area contributed by atoms with E-state index < -0.39 is 11.9 Å². The normalized spacial score (nSPS) is 15.5. The summed E-state index contributed by atoms with van der Waals surface area (Å²) in [5.74, 6) is -0.296. The minimum absolute atomic E-state index is 0.0196. The Morgan fingerprint density at radius 2 is 1.91 bits per heavy atom. The first-order valence-electron chi connectivity index (χ1n) is 9.93. The highest BCUT2D eigenvalue weighted by Gasteiger charge is 2.38. The van der Waals surface area contributed by atoms with E-state index in [1.165, 1.54) is 0 Å². The van der Waals surface area contributed by atoms with Crippen molar-refractivity contribution in [2.45, 2.75) is 32.1 Å². The molecule has 4 rings (SSSR count). The molecule has 0 amide bonds. The molecule has 0 saturated heterocycles. The lowest BCUT2D eigenvalue weighted by atomic mass is 9.79. The lowest BCUT2D eigenvalue weighted by Crippen LogP contribution is -2.23. The highest BCUT2D eigenvalue weighted by atomic mass is 35.5. The number of carbonyl (C=O) groups is 1. The third-order valence-electron chi connectivity index (χ3n) is 5.21. The fraction of sp³-hybridized carbons (Fsp3) is 0.208. The third kappa shape index (κ3) is 3.81. The molecule has 1 aliphatic rings. The lowest BCUT2D eigenvalue weighted by molar-refractivity contribution is 0.0735. The van der Waals surface area contributed by atoms with Crippen LogP contribution in [0.15, 0.2) is 60.0 Å². The number of nitrogens with one attached hydrogen (secondary N) is 1. The highest BCUT2D eigenvalue weighted by molar-refractivity contribution is 6.33. The monoisotopic (exact) mass is 448 g/mol. The molecule has 8 heteroatoms. The van der Waals surface area contributed by atoms with Gasteiger partial charge in [0.2, 0.25) is 11.8 Å². The molecule has 32 heavy (non-hydrogen) atoms. The minimum Gasteiger partial charge on any atom is -0.423 e. The number of carbonyl (C=O) groups excluding carboxylic acids is 1. The SMILES string of the molecule is CC(C)(C)c1[nH]nc2c1C(c1ccc(OC(=O)c3ccccc3Cl)cc1)C(C#N)=C(N)O2. The van der Waals surface area contributed by atoms with Gasteiger partial charge in [0.15, 0.2) is 0 Å². The summed E-state index contributed by atoms with van der Waals surface area (Å²) >= 11 is 6.08. The molecule has 2 aromatic carbocycles. The van der Waals surface area contributed by atoms with Crippen molar-refractivity contribution in [1.82, 2.24) is 10.2 Å². The summed E-state index contributed by atoms with van der Waals surface area (Å²) in [6, 6.07) is 15.8. The maximum Gasteiger partial charge on any atom is 0.345 e. The van der Waals surface area contributed by atoms with Crippen molar-refractivity contribution in [1.29, 1.82) is 5.26 Å². The van der Waals surface area contributed by atoms with E-state index in [0.717, 1.165) is 16.8 Å². The number of hydrogen-bond acceptors (Lipinski definition) is 6. The predicted molar refractivity (Wildman–Crippen MR) is 119 cm³/mol. The van der Waals surface area contributed by atoms with Crippen LogP contribution in [0.5, 0.6) is 11.6 Å². The van der Waals surface area contributed by atoms with Crippen LogP contribution in [0.25, 0.3) is 0 Å². The zero-order valence-electron chi connectivity index (χ0n) is 17.8. The average Bonchev–Trinajstić information content (AvgIpc) is 3.17. The molecular formula is C24H21ClN4O3. The van der Waals surface area contributed by atoms with Crippen molar-refractivity contribution in [2.24, 2.45) is 5.73 Å². The molecule has 0 spiro atoms. The number of halogens is 1. The van der Waals surface area contributed by atoms with Crippen LogP contribution in [0.1, 0.15) is 53.9 Å². The maximum absolute atomic E-state index is 12.4. The van der Waals surface area contributed by atoms with Crippen LogP contribution in [0.2, 0.25) is 5.02 Å². The maximum atomic E-state index is 12.4. The van der Waals surface area contributed by atoms with Crippen molar-refractivity contribution >= 4 is 17.6 Å². The van der Waals surface area contributed by atoms with Gasteiger partial charge in [-0.3, -0.25) is 5.10 Å². The van der Waals surface area contributed by atoms with Gasteiger partial charge in [0.05, 0.1) is 22.1 Å². The summed E-state index contributed by atoms with van der Waals surface area (Å²) in [4.78, 5) is 12.4. The van der Waals surface area contributed by atoms with Crippen molar-refractivity contribution in [3.8, 4) is 17.7 Å². The molecule has 0 saturated carbocycles. The van der Waals surface area contributed by atoms with E-state index in [4.69, 9.17) is 26.8 Å². The molecule has 0 bridgehead atoms. The van der Waals surface area contributed by atoms with E-state index in [1.54, 1.807) is 48.5 Å². The zero-order chi connectivity index (χ0) is 23.0. The number of ether oxygens (including phenoxy) is 2. The van der Waals surface area contributed by atoms with Crippen LogP contribution in [0, 0.1) is 11.3 Å². The van der Waals surface area contributed by atoms with Gasteiger partial charge < -0.3 is 15.2 Å². The Labute approximate surface area is 190 Å². The number of allylic oxidation sites excluding steroid dienone is 1. The number of esters is 1. The fourth-order valence-electron chi connectivity index (χ4n) is 3.67. The van der Waals surface area contributed by atoms with Crippen molar-refractivity contribution in [3.05, 3.63) is 87.4 Å². The number of aromatic amines is 1. The third-order valence-corrected chi connectivity index (χ3v) is 5.54. The molecule has 3 aromatic rings. The van der Waals surface area contributed by atoms with Crippen molar-refractivity contribution in [3.63, 3.8) is 0 Å². The van der Waals surface area contributed by atoms with E-state index in [9.17, 15) is 10.1 Å². The van der Waals surface area contributed by atoms with Crippen LogP contribution in [0.4, 0.5) is 0 Å². The first-order valence-corrected chi connectivity index (χ1v) is 10.3. The topological polar surface area (TPSA) is 114 Å². The fourth-order valence-corrected chi connectivity index (χ4v) is 3.88. The van der Waals surface area contributed by atoms with Crippen LogP contribution in [-0.4, -0.2) is 16.2 Å². The molecule has 0 fully saturated rings. The number of nitriles is 1. The van der Waals surface area contributed by atoms with Gasteiger partial charge in [0.1, 0.15) is 17.4 Å². The van der Waals surface area contributed by atoms with Gasteiger partial charge >= 0.3 is 5.97 Å². The molecular weight excluding hydrogens is 428 g/mol. The zero-order valence-corrected chi connectivity index (χ0v) is 18.5. The van der Waals surface area contributed by atoms with E-state index in [1.807, 2.05) is 20.8 Å². The molecule has 162 valence electrons. The van der Waals surface area contributed by atoms with E-state index in [-0.39, 0.29) is 16.9 Å². The van der Waals surface area contributed by atoms with Crippen molar-refractivity contribution < 1.29 is 14.3 Å². The first-order chi connectivity index (χ1) is 15.2. The number of hydrogen-bond donors (Lipinski definition) is 2. The lowest BCUT2D eigenvalue weighted by Gasteiger charge is -2.27. The van der Waals surface area contributed by atoms with Gasteiger partial charge in [-0.25, -0.2) is 4.79 Å². The number of aromatic nitrogens is 2. The first kappa shape index (κ1) is 21.5. The summed E-state index contributed by atoms with van der Waals surface area (Å²) in [6.07, 6.45) is 0. The van der Waals surface area contributed by atoms with E-state index in [2.05, 4.69) is 16.3 Å². The Hall–Kier alpha value is -3.76. The molecule has 1 unspecified atom stereocenters. The number of nitrogens with two attached hydrogens (primary N) is 1. The van der Waals surface area contributed by atoms with E-state index in [0.29, 0.717) is 22.2 Å².